The molecule has 2 aromatic rings. The van der Waals surface area contributed by atoms with Gasteiger partial charge in [0.05, 0.1) is 6.04 Å². The Kier molecular flexibility index (Phi) is 9.93. The number of hydrogen-bond donors (Lipinski definition) is 3. The Morgan fingerprint density at radius 1 is 1.06 bits per heavy atom. The molecule has 0 aromatic heterocycles. The van der Waals surface area contributed by atoms with E-state index in [1.165, 1.54) is 12.8 Å². The van der Waals surface area contributed by atoms with Crippen LogP contribution in [0, 0.1) is 17.4 Å². The molecule has 0 spiro atoms. The number of anilines is 1. The van der Waals surface area contributed by atoms with Gasteiger partial charge in [-0.3, -0.25) is 10.1 Å². The number of nitrogens with zero attached hydrogens (tertiary/aromatic N) is 3. The van der Waals surface area contributed by atoms with Gasteiger partial charge in [-0.15, -0.1) is 0 Å². The van der Waals surface area contributed by atoms with Crippen LogP contribution in [0.2, 0.25) is 0 Å². The summed E-state index contributed by atoms with van der Waals surface area (Å²) in [6.07, 6.45) is 5.49. The standard InChI is InChI=1S/C27H36N6O/c1-21(2)18-25(19-26(34)29-14-17-33-15-6-7-16-33)32-27(30-20-28)31-24-12-10-23(11-13-24)22-8-4-3-5-9-22/h3-5,8-13,21,25H,6-7,14-19H2,1-2H3,(H,29,34)(H2,30,31,32)/t25-/m0/s1. The second-order valence-electron chi connectivity index (χ2n) is 9.17. The van der Waals surface area contributed by atoms with Gasteiger partial charge in [0.2, 0.25) is 11.9 Å². The number of likely N-dealkylation sites (tertiary alicyclic amines) is 1. The molecule has 3 rings (SSSR count). The molecule has 0 unspecified atom stereocenters. The molecule has 1 aliphatic rings. The van der Waals surface area contributed by atoms with Gasteiger partial charge in [-0.1, -0.05) is 56.3 Å². The van der Waals surface area contributed by atoms with Gasteiger partial charge in [-0.25, -0.2) is 4.99 Å². The van der Waals surface area contributed by atoms with Crippen molar-refractivity contribution in [3.05, 3.63) is 54.6 Å². The lowest BCUT2D eigenvalue weighted by molar-refractivity contribution is -0.121. The molecule has 1 aliphatic heterocycles. The Bertz CT molecular complexity index is 959. The molecule has 1 saturated heterocycles. The van der Waals surface area contributed by atoms with Crippen LogP contribution in [-0.2, 0) is 4.79 Å². The fourth-order valence-corrected chi connectivity index (χ4v) is 4.22. The number of hydrogen-bond acceptors (Lipinski definition) is 4. The number of aliphatic imine (C=N–C) groups is 1. The maximum atomic E-state index is 12.6. The van der Waals surface area contributed by atoms with Gasteiger partial charge in [0.25, 0.3) is 0 Å². The summed E-state index contributed by atoms with van der Waals surface area (Å²) in [7, 11) is 0. The highest BCUT2D eigenvalue weighted by molar-refractivity contribution is 5.95. The Morgan fingerprint density at radius 2 is 1.74 bits per heavy atom. The van der Waals surface area contributed by atoms with E-state index in [2.05, 4.69) is 46.8 Å². The topological polar surface area (TPSA) is 92.6 Å². The number of amides is 1. The van der Waals surface area contributed by atoms with E-state index in [-0.39, 0.29) is 11.9 Å². The molecule has 1 atom stereocenters. The molecule has 0 saturated carbocycles. The SMILES string of the molecule is CC(C)C[C@@H](CC(=O)NCCN1CCCC1)N=C(NC#N)Nc1ccc(-c2ccccc2)cc1. The van der Waals surface area contributed by atoms with E-state index in [0.717, 1.165) is 42.9 Å². The number of rotatable bonds is 10. The van der Waals surface area contributed by atoms with Crippen molar-refractivity contribution in [1.29, 1.82) is 5.26 Å². The maximum Gasteiger partial charge on any atom is 0.222 e. The molecule has 1 fully saturated rings. The van der Waals surface area contributed by atoms with Crippen molar-refractivity contribution in [2.75, 3.05) is 31.5 Å². The monoisotopic (exact) mass is 460 g/mol. The minimum Gasteiger partial charge on any atom is -0.355 e. The fraction of sp³-hybridized carbons (Fsp3) is 0.444. The Labute approximate surface area is 203 Å². The van der Waals surface area contributed by atoms with Crippen molar-refractivity contribution in [3.8, 4) is 17.3 Å². The first kappa shape index (κ1) is 25.3. The highest BCUT2D eigenvalue weighted by Gasteiger charge is 2.17. The number of nitriles is 1. The summed E-state index contributed by atoms with van der Waals surface area (Å²) in [5.74, 6) is 0.724. The lowest BCUT2D eigenvalue weighted by Crippen LogP contribution is -2.35. The molecule has 2 aromatic carbocycles. The molecule has 3 N–H and O–H groups in total. The summed E-state index contributed by atoms with van der Waals surface area (Å²) >= 11 is 0. The van der Waals surface area contributed by atoms with Crippen LogP contribution in [0.3, 0.4) is 0 Å². The lowest BCUT2D eigenvalue weighted by atomic mass is 10.0. The molecular formula is C27H36N6O. The average molecular weight is 461 g/mol. The van der Waals surface area contributed by atoms with Crippen molar-refractivity contribution >= 4 is 17.6 Å². The van der Waals surface area contributed by atoms with E-state index in [1.54, 1.807) is 0 Å². The summed E-state index contributed by atoms with van der Waals surface area (Å²) in [6.45, 7) is 8.02. The summed E-state index contributed by atoms with van der Waals surface area (Å²) in [5.41, 5.74) is 3.08. The van der Waals surface area contributed by atoms with Crippen molar-refractivity contribution < 1.29 is 4.79 Å². The fourth-order valence-electron chi connectivity index (χ4n) is 4.22. The number of carbonyl (C=O) groups excluding carboxylic acids is 1. The van der Waals surface area contributed by atoms with Gasteiger partial charge < -0.3 is 15.5 Å². The third kappa shape index (κ3) is 8.53. The molecule has 7 nitrogen and oxygen atoms in total. The average Bonchev–Trinajstić information content (AvgIpc) is 3.33. The van der Waals surface area contributed by atoms with Crippen LogP contribution in [0.25, 0.3) is 11.1 Å². The second-order valence-corrected chi connectivity index (χ2v) is 9.17. The summed E-state index contributed by atoms with van der Waals surface area (Å²) in [5, 5.41) is 18.1. The minimum absolute atomic E-state index is 0.00267. The third-order valence-electron chi connectivity index (χ3n) is 5.85. The van der Waals surface area contributed by atoms with Gasteiger partial charge in [-0.05, 0) is 61.5 Å². The maximum absolute atomic E-state index is 12.6. The van der Waals surface area contributed by atoms with Crippen molar-refractivity contribution in [2.24, 2.45) is 10.9 Å². The van der Waals surface area contributed by atoms with Crippen LogP contribution in [0.4, 0.5) is 5.69 Å². The van der Waals surface area contributed by atoms with E-state index in [9.17, 15) is 10.1 Å². The molecule has 1 heterocycles. The highest BCUT2D eigenvalue weighted by Crippen LogP contribution is 2.21. The smallest absolute Gasteiger partial charge is 0.222 e. The van der Waals surface area contributed by atoms with Crippen LogP contribution in [-0.4, -0.2) is 49.0 Å². The van der Waals surface area contributed by atoms with E-state index < -0.39 is 0 Å². The first-order valence-electron chi connectivity index (χ1n) is 12.2. The molecule has 7 heteroatoms. The lowest BCUT2D eigenvalue weighted by Gasteiger charge is -2.18. The van der Waals surface area contributed by atoms with Crippen molar-refractivity contribution in [3.63, 3.8) is 0 Å². The summed E-state index contributed by atoms with van der Waals surface area (Å²) in [4.78, 5) is 19.7. The molecule has 180 valence electrons. The van der Waals surface area contributed by atoms with E-state index in [4.69, 9.17) is 4.99 Å². The predicted octanol–water partition coefficient (Wildman–Crippen LogP) is 4.21. The van der Waals surface area contributed by atoms with Crippen molar-refractivity contribution in [1.82, 2.24) is 15.5 Å². The molecule has 1 amide bonds. The Balaban J connectivity index is 1.61. The van der Waals surface area contributed by atoms with Gasteiger partial charge in [0, 0.05) is 25.2 Å². The van der Waals surface area contributed by atoms with Crippen LogP contribution in [0.15, 0.2) is 59.6 Å². The Hall–Kier alpha value is -3.37. The normalized spacial score (nSPS) is 15.1. The van der Waals surface area contributed by atoms with Crippen molar-refractivity contribution in [2.45, 2.75) is 45.6 Å². The quantitative estimate of drug-likeness (QED) is 0.214. The van der Waals surface area contributed by atoms with Crippen LogP contribution in [0.1, 0.15) is 39.5 Å². The number of benzene rings is 2. The Morgan fingerprint density at radius 3 is 2.38 bits per heavy atom. The number of nitrogens with one attached hydrogen (secondary N) is 3. The van der Waals surface area contributed by atoms with E-state index in [1.807, 2.05) is 48.7 Å². The molecular weight excluding hydrogens is 424 g/mol. The van der Waals surface area contributed by atoms with Gasteiger partial charge in [-0.2, -0.15) is 5.26 Å². The minimum atomic E-state index is -0.223. The predicted molar refractivity (Wildman–Crippen MR) is 138 cm³/mol. The third-order valence-corrected chi connectivity index (χ3v) is 5.85. The first-order chi connectivity index (χ1) is 16.5. The zero-order valence-electron chi connectivity index (χ0n) is 20.3. The highest BCUT2D eigenvalue weighted by atomic mass is 16.1. The van der Waals surface area contributed by atoms with Gasteiger partial charge in [0.15, 0.2) is 6.19 Å². The number of guanidine groups is 1. The summed E-state index contributed by atoms with van der Waals surface area (Å²) in [6, 6.07) is 17.9. The van der Waals surface area contributed by atoms with Gasteiger partial charge >= 0.3 is 0 Å². The zero-order valence-corrected chi connectivity index (χ0v) is 20.3. The molecule has 0 radical (unpaired) electrons. The van der Waals surface area contributed by atoms with Gasteiger partial charge in [0.1, 0.15) is 0 Å². The van der Waals surface area contributed by atoms with Crippen LogP contribution in [0.5, 0.6) is 0 Å². The molecule has 34 heavy (non-hydrogen) atoms. The first-order valence-corrected chi connectivity index (χ1v) is 12.2. The van der Waals surface area contributed by atoms with Crippen LogP contribution < -0.4 is 16.0 Å². The molecule has 0 aliphatic carbocycles. The second kappa shape index (κ2) is 13.4. The summed E-state index contributed by atoms with van der Waals surface area (Å²) < 4.78 is 0. The van der Waals surface area contributed by atoms with Crippen LogP contribution >= 0.6 is 0 Å². The zero-order chi connectivity index (χ0) is 24.2. The van der Waals surface area contributed by atoms with E-state index in [0.29, 0.717) is 24.8 Å². The largest absolute Gasteiger partial charge is 0.355 e. The number of carbonyl (C=O) groups is 1. The van der Waals surface area contributed by atoms with E-state index >= 15 is 0 Å². The molecule has 0 bridgehead atoms.